The summed E-state index contributed by atoms with van der Waals surface area (Å²) in [7, 11) is 0. The van der Waals surface area contributed by atoms with Crippen molar-refractivity contribution in [2.24, 2.45) is 5.92 Å². The Labute approximate surface area is 108 Å². The first-order chi connectivity index (χ1) is 8.74. The van der Waals surface area contributed by atoms with Gasteiger partial charge in [-0.2, -0.15) is 0 Å². The van der Waals surface area contributed by atoms with Gasteiger partial charge in [-0.1, -0.05) is 43.5 Å². The highest BCUT2D eigenvalue weighted by Gasteiger charge is 2.15. The first-order valence-electron chi connectivity index (χ1n) is 6.74. The molecule has 1 aliphatic rings. The number of hydrogen-bond donors (Lipinski definition) is 2. The second kappa shape index (κ2) is 6.55. The Balaban J connectivity index is 1.67. The zero-order valence-electron chi connectivity index (χ0n) is 10.7. The summed E-state index contributed by atoms with van der Waals surface area (Å²) >= 11 is 0. The van der Waals surface area contributed by atoms with Crippen molar-refractivity contribution in [2.75, 3.05) is 6.54 Å². The molecule has 98 valence electrons. The van der Waals surface area contributed by atoms with Gasteiger partial charge in [0.05, 0.1) is 6.42 Å². The smallest absolute Gasteiger partial charge is 0.307 e. The molecule has 1 aromatic rings. The molecule has 0 aromatic heterocycles. The average Bonchev–Trinajstić information content (AvgIpc) is 2.28. The van der Waals surface area contributed by atoms with E-state index < -0.39 is 5.97 Å². The van der Waals surface area contributed by atoms with Gasteiger partial charge in [0.25, 0.3) is 0 Å². The van der Waals surface area contributed by atoms with Crippen LogP contribution in [0.4, 0.5) is 0 Å². The van der Waals surface area contributed by atoms with Gasteiger partial charge in [-0.3, -0.25) is 4.79 Å². The van der Waals surface area contributed by atoms with Crippen molar-refractivity contribution in [1.29, 1.82) is 0 Å². The van der Waals surface area contributed by atoms with Gasteiger partial charge < -0.3 is 10.4 Å². The molecule has 0 saturated heterocycles. The lowest BCUT2D eigenvalue weighted by Gasteiger charge is -2.25. The summed E-state index contributed by atoms with van der Waals surface area (Å²) in [5, 5.41) is 12.1. The predicted octanol–water partition coefficient (Wildman–Crippen LogP) is 2.59. The molecule has 18 heavy (non-hydrogen) atoms. The van der Waals surface area contributed by atoms with Gasteiger partial charge in [0.2, 0.25) is 0 Å². The Bertz CT molecular complexity index is 382. The average molecular weight is 247 g/mol. The number of carboxylic acid groups (broad SMARTS) is 1. The fourth-order valence-corrected chi connectivity index (χ4v) is 2.27. The molecule has 0 aliphatic heterocycles. The number of rotatable bonds is 7. The van der Waals surface area contributed by atoms with Crippen molar-refractivity contribution < 1.29 is 9.90 Å². The highest BCUT2D eigenvalue weighted by Crippen LogP contribution is 2.28. The molecule has 2 N–H and O–H groups in total. The third-order valence-corrected chi connectivity index (χ3v) is 3.66. The van der Waals surface area contributed by atoms with Gasteiger partial charge in [0.1, 0.15) is 0 Å². The minimum Gasteiger partial charge on any atom is -0.481 e. The van der Waals surface area contributed by atoms with E-state index in [9.17, 15) is 4.79 Å². The Kier molecular flexibility index (Phi) is 4.76. The zero-order chi connectivity index (χ0) is 12.8. The first kappa shape index (κ1) is 13.1. The number of benzene rings is 1. The first-order valence-corrected chi connectivity index (χ1v) is 6.74. The summed E-state index contributed by atoms with van der Waals surface area (Å²) in [6.07, 6.45) is 5.62. The molecule has 3 nitrogen and oxygen atoms in total. The summed E-state index contributed by atoms with van der Waals surface area (Å²) in [6.45, 7) is 1.96. The Morgan fingerprint density at radius 1 is 1.22 bits per heavy atom. The maximum atomic E-state index is 10.5. The largest absolute Gasteiger partial charge is 0.481 e. The fourth-order valence-electron chi connectivity index (χ4n) is 2.27. The van der Waals surface area contributed by atoms with Gasteiger partial charge >= 0.3 is 5.97 Å². The third kappa shape index (κ3) is 4.15. The molecule has 0 atom stereocenters. The lowest BCUT2D eigenvalue weighted by atomic mass is 9.83. The Hall–Kier alpha value is -1.35. The van der Waals surface area contributed by atoms with Crippen LogP contribution in [0.25, 0.3) is 0 Å². The predicted molar refractivity (Wildman–Crippen MR) is 71.4 cm³/mol. The molecule has 1 aliphatic carbocycles. The lowest BCUT2D eigenvalue weighted by Crippen LogP contribution is -2.21. The fraction of sp³-hybridized carbons (Fsp3) is 0.533. The molecule has 0 amide bonds. The van der Waals surface area contributed by atoms with E-state index in [1.165, 1.54) is 31.2 Å². The van der Waals surface area contributed by atoms with Gasteiger partial charge in [-0.05, 0) is 30.0 Å². The van der Waals surface area contributed by atoms with E-state index in [0.29, 0.717) is 0 Å². The molecule has 2 rings (SSSR count). The van der Waals surface area contributed by atoms with Gasteiger partial charge in [0.15, 0.2) is 0 Å². The van der Waals surface area contributed by atoms with Crippen LogP contribution in [0.3, 0.4) is 0 Å². The van der Waals surface area contributed by atoms with Gasteiger partial charge in [-0.25, -0.2) is 0 Å². The van der Waals surface area contributed by atoms with Gasteiger partial charge in [-0.15, -0.1) is 0 Å². The van der Waals surface area contributed by atoms with Crippen LogP contribution in [-0.4, -0.2) is 17.6 Å². The SMILES string of the molecule is O=C(O)Cc1ccc(CNCCC2CCC2)cc1. The topological polar surface area (TPSA) is 49.3 Å². The molecular weight excluding hydrogens is 226 g/mol. The normalized spacial score (nSPS) is 15.3. The van der Waals surface area contributed by atoms with Crippen LogP contribution in [0.2, 0.25) is 0 Å². The Morgan fingerprint density at radius 2 is 1.89 bits per heavy atom. The van der Waals surface area contributed by atoms with Crippen LogP contribution in [0, 0.1) is 5.92 Å². The van der Waals surface area contributed by atoms with Crippen molar-refractivity contribution >= 4 is 5.97 Å². The molecule has 0 spiro atoms. The molecule has 0 radical (unpaired) electrons. The standard InChI is InChI=1S/C15H21NO2/c17-15(18)10-13-4-6-14(7-5-13)11-16-9-8-12-2-1-3-12/h4-7,12,16H,1-3,8-11H2,(H,17,18). The number of carboxylic acids is 1. The van der Waals surface area contributed by atoms with E-state index in [-0.39, 0.29) is 6.42 Å². The lowest BCUT2D eigenvalue weighted by molar-refractivity contribution is -0.136. The van der Waals surface area contributed by atoms with E-state index in [1.807, 2.05) is 24.3 Å². The molecule has 0 heterocycles. The van der Waals surface area contributed by atoms with Crippen LogP contribution in [-0.2, 0) is 17.8 Å². The number of aliphatic carboxylic acids is 1. The third-order valence-electron chi connectivity index (χ3n) is 3.66. The van der Waals surface area contributed by atoms with E-state index >= 15 is 0 Å². The maximum Gasteiger partial charge on any atom is 0.307 e. The molecule has 0 unspecified atom stereocenters. The molecular formula is C15H21NO2. The molecule has 0 bridgehead atoms. The summed E-state index contributed by atoms with van der Waals surface area (Å²) in [4.78, 5) is 10.5. The number of hydrogen-bond acceptors (Lipinski definition) is 2. The second-order valence-corrected chi connectivity index (χ2v) is 5.15. The molecule has 1 aromatic carbocycles. The highest BCUT2D eigenvalue weighted by molar-refractivity contribution is 5.70. The Morgan fingerprint density at radius 3 is 2.44 bits per heavy atom. The van der Waals surface area contributed by atoms with Crippen molar-refractivity contribution in [1.82, 2.24) is 5.32 Å². The van der Waals surface area contributed by atoms with Crippen molar-refractivity contribution in [2.45, 2.75) is 38.6 Å². The summed E-state index contributed by atoms with van der Waals surface area (Å²) < 4.78 is 0. The minimum atomic E-state index is -0.777. The second-order valence-electron chi connectivity index (χ2n) is 5.15. The number of carbonyl (C=O) groups is 1. The highest BCUT2D eigenvalue weighted by atomic mass is 16.4. The number of nitrogens with one attached hydrogen (secondary N) is 1. The van der Waals surface area contributed by atoms with Crippen molar-refractivity contribution in [3.05, 3.63) is 35.4 Å². The summed E-state index contributed by atoms with van der Waals surface area (Å²) in [6, 6.07) is 7.82. The van der Waals surface area contributed by atoms with Crippen LogP contribution < -0.4 is 5.32 Å². The zero-order valence-corrected chi connectivity index (χ0v) is 10.7. The minimum absolute atomic E-state index is 0.107. The van der Waals surface area contributed by atoms with E-state index in [4.69, 9.17) is 5.11 Å². The van der Waals surface area contributed by atoms with Crippen molar-refractivity contribution in [3.8, 4) is 0 Å². The maximum absolute atomic E-state index is 10.5. The van der Waals surface area contributed by atoms with Crippen LogP contribution in [0.15, 0.2) is 24.3 Å². The summed E-state index contributed by atoms with van der Waals surface area (Å²) in [5.41, 5.74) is 2.08. The molecule has 1 fully saturated rings. The van der Waals surface area contributed by atoms with Gasteiger partial charge in [0, 0.05) is 6.54 Å². The van der Waals surface area contributed by atoms with E-state index in [1.54, 1.807) is 0 Å². The molecule has 1 saturated carbocycles. The van der Waals surface area contributed by atoms with E-state index in [0.717, 1.165) is 24.6 Å². The monoisotopic (exact) mass is 247 g/mol. The van der Waals surface area contributed by atoms with Crippen LogP contribution in [0.1, 0.15) is 36.8 Å². The van der Waals surface area contributed by atoms with Crippen LogP contribution in [0.5, 0.6) is 0 Å². The summed E-state index contributed by atoms with van der Waals surface area (Å²) in [5.74, 6) is 0.178. The van der Waals surface area contributed by atoms with Crippen molar-refractivity contribution in [3.63, 3.8) is 0 Å². The van der Waals surface area contributed by atoms with Crippen LogP contribution >= 0.6 is 0 Å². The molecule has 3 heteroatoms. The quantitative estimate of drug-likeness (QED) is 0.728. The van der Waals surface area contributed by atoms with E-state index in [2.05, 4.69) is 5.32 Å².